The van der Waals surface area contributed by atoms with Crippen LogP contribution < -0.4 is 0 Å². The van der Waals surface area contributed by atoms with Crippen LogP contribution in [-0.4, -0.2) is 21.0 Å². The highest BCUT2D eigenvalue weighted by Crippen LogP contribution is 2.10. The molecule has 0 aromatic heterocycles. The van der Waals surface area contributed by atoms with Crippen LogP contribution >= 0.6 is 0 Å². The van der Waals surface area contributed by atoms with Crippen LogP contribution in [0.4, 0.5) is 0 Å². The fourth-order valence-electron chi connectivity index (χ4n) is 1.24. The maximum atomic E-state index is 11.2. The summed E-state index contributed by atoms with van der Waals surface area (Å²) < 4.78 is 22.4. The number of sulfone groups is 1. The maximum Gasteiger partial charge on any atom is 0.151 e. The molecule has 0 unspecified atom stereocenters. The summed E-state index contributed by atoms with van der Waals surface area (Å²) in [4.78, 5) is 10.1. The molecule has 0 saturated heterocycles. The van der Waals surface area contributed by atoms with Crippen molar-refractivity contribution in [2.75, 3.05) is 6.26 Å². The van der Waals surface area contributed by atoms with Gasteiger partial charge in [0.05, 0.1) is 12.2 Å². The SMILES string of the molecule is CS(=O)(=O)Cc1ccccc1C#CCC=O. The summed E-state index contributed by atoms with van der Waals surface area (Å²) in [6.07, 6.45) is 2.06. The largest absolute Gasteiger partial charge is 0.302 e. The first-order valence-electron chi connectivity index (χ1n) is 4.71. The van der Waals surface area contributed by atoms with Gasteiger partial charge in [0, 0.05) is 11.8 Å². The monoisotopic (exact) mass is 236 g/mol. The molecule has 84 valence electrons. The van der Waals surface area contributed by atoms with E-state index < -0.39 is 9.84 Å². The molecule has 0 saturated carbocycles. The number of hydrogen-bond donors (Lipinski definition) is 0. The second-order valence-electron chi connectivity index (χ2n) is 3.40. The van der Waals surface area contributed by atoms with Crippen molar-refractivity contribution in [2.45, 2.75) is 12.2 Å². The average Bonchev–Trinajstić information content (AvgIpc) is 2.19. The number of aldehydes is 1. The lowest BCUT2D eigenvalue weighted by atomic mass is 10.1. The van der Waals surface area contributed by atoms with Crippen LogP contribution in [0.5, 0.6) is 0 Å². The van der Waals surface area contributed by atoms with Crippen LogP contribution in [0.25, 0.3) is 0 Å². The first-order valence-corrected chi connectivity index (χ1v) is 6.77. The Labute approximate surface area is 95.4 Å². The van der Waals surface area contributed by atoms with Gasteiger partial charge >= 0.3 is 0 Å². The molecule has 0 amide bonds. The molecule has 0 atom stereocenters. The zero-order valence-corrected chi connectivity index (χ0v) is 9.75. The van der Waals surface area contributed by atoms with Gasteiger partial charge in [-0.25, -0.2) is 8.42 Å². The van der Waals surface area contributed by atoms with Gasteiger partial charge in [-0.3, -0.25) is 0 Å². The van der Waals surface area contributed by atoms with Gasteiger partial charge in [0.1, 0.15) is 6.29 Å². The highest BCUT2D eigenvalue weighted by Gasteiger charge is 2.07. The van der Waals surface area contributed by atoms with Crippen molar-refractivity contribution < 1.29 is 13.2 Å². The van der Waals surface area contributed by atoms with Crippen molar-refractivity contribution in [3.63, 3.8) is 0 Å². The van der Waals surface area contributed by atoms with Crippen LogP contribution in [0.3, 0.4) is 0 Å². The van der Waals surface area contributed by atoms with E-state index in [0.29, 0.717) is 17.4 Å². The zero-order chi connectivity index (χ0) is 12.0. The molecule has 1 aromatic rings. The Hall–Kier alpha value is -1.60. The molecule has 0 aliphatic heterocycles. The lowest BCUT2D eigenvalue weighted by Crippen LogP contribution is -2.02. The molecule has 0 aliphatic carbocycles. The molecule has 0 spiro atoms. The number of carbonyl (C=O) groups excluding carboxylic acids is 1. The highest BCUT2D eigenvalue weighted by atomic mass is 32.2. The van der Waals surface area contributed by atoms with Crippen molar-refractivity contribution in [3.05, 3.63) is 35.4 Å². The minimum Gasteiger partial charge on any atom is -0.302 e. The second kappa shape index (κ2) is 5.47. The molecule has 1 aromatic carbocycles. The molecule has 16 heavy (non-hydrogen) atoms. The predicted molar refractivity (Wildman–Crippen MR) is 62.5 cm³/mol. The van der Waals surface area contributed by atoms with Gasteiger partial charge in [0.25, 0.3) is 0 Å². The van der Waals surface area contributed by atoms with E-state index in [-0.39, 0.29) is 12.2 Å². The predicted octanol–water partition coefficient (Wildman–Crippen LogP) is 1.17. The molecule has 0 fully saturated rings. The number of rotatable bonds is 3. The normalized spacial score (nSPS) is 10.3. The minimum absolute atomic E-state index is 0.0288. The maximum absolute atomic E-state index is 11.2. The molecule has 4 heteroatoms. The van der Waals surface area contributed by atoms with Gasteiger partial charge in [0.15, 0.2) is 9.84 Å². The fourth-order valence-corrected chi connectivity index (χ4v) is 2.06. The Kier molecular flexibility index (Phi) is 4.27. The fraction of sp³-hybridized carbons (Fsp3) is 0.250. The van der Waals surface area contributed by atoms with Crippen LogP contribution in [-0.2, 0) is 20.4 Å². The topological polar surface area (TPSA) is 51.2 Å². The van der Waals surface area contributed by atoms with Crippen molar-refractivity contribution >= 4 is 16.1 Å². The summed E-state index contributed by atoms with van der Waals surface area (Å²) >= 11 is 0. The minimum atomic E-state index is -3.07. The van der Waals surface area contributed by atoms with Crippen LogP contribution in [0.2, 0.25) is 0 Å². The van der Waals surface area contributed by atoms with Crippen LogP contribution in [0, 0.1) is 11.8 Å². The summed E-state index contributed by atoms with van der Waals surface area (Å²) in [6, 6.07) is 7.03. The Morgan fingerprint density at radius 3 is 2.62 bits per heavy atom. The lowest BCUT2D eigenvalue weighted by molar-refractivity contribution is -0.107. The first kappa shape index (κ1) is 12.5. The van der Waals surface area contributed by atoms with Gasteiger partial charge in [-0.2, -0.15) is 0 Å². The third-order valence-corrected chi connectivity index (χ3v) is 2.68. The van der Waals surface area contributed by atoms with E-state index >= 15 is 0 Å². The van der Waals surface area contributed by atoms with Crippen molar-refractivity contribution in [2.24, 2.45) is 0 Å². The van der Waals surface area contributed by atoms with Gasteiger partial charge in [-0.1, -0.05) is 30.0 Å². The summed E-state index contributed by atoms with van der Waals surface area (Å²) in [5.41, 5.74) is 1.33. The molecular weight excluding hydrogens is 224 g/mol. The molecule has 0 aliphatic rings. The van der Waals surface area contributed by atoms with Gasteiger partial charge < -0.3 is 4.79 Å². The van der Waals surface area contributed by atoms with E-state index in [9.17, 15) is 13.2 Å². The van der Waals surface area contributed by atoms with E-state index in [0.717, 1.165) is 0 Å². The highest BCUT2D eigenvalue weighted by molar-refractivity contribution is 7.89. The summed E-state index contributed by atoms with van der Waals surface area (Å²) in [5, 5.41) is 0. The third-order valence-electron chi connectivity index (χ3n) is 1.84. The Balaban J connectivity index is 3.02. The first-order chi connectivity index (χ1) is 7.53. The molecule has 1 rings (SSSR count). The molecule has 3 nitrogen and oxygen atoms in total. The molecule has 0 N–H and O–H groups in total. The Bertz CT molecular complexity index is 533. The van der Waals surface area contributed by atoms with Crippen LogP contribution in [0.15, 0.2) is 24.3 Å². The molecular formula is C12H12O3S. The van der Waals surface area contributed by atoms with Crippen LogP contribution in [0.1, 0.15) is 17.5 Å². The Morgan fingerprint density at radius 2 is 2.00 bits per heavy atom. The van der Waals surface area contributed by atoms with E-state index in [4.69, 9.17) is 0 Å². The Morgan fingerprint density at radius 1 is 1.31 bits per heavy atom. The molecule has 0 heterocycles. The van der Waals surface area contributed by atoms with Crippen molar-refractivity contribution in [3.8, 4) is 11.8 Å². The van der Waals surface area contributed by atoms with Gasteiger partial charge in [-0.05, 0) is 11.6 Å². The quantitative estimate of drug-likeness (QED) is 0.585. The van der Waals surface area contributed by atoms with Gasteiger partial charge in [0.2, 0.25) is 0 Å². The van der Waals surface area contributed by atoms with E-state index in [1.54, 1.807) is 24.3 Å². The van der Waals surface area contributed by atoms with Crippen molar-refractivity contribution in [1.82, 2.24) is 0 Å². The standard InChI is InChI=1S/C12H12O3S/c1-16(14,15)10-12-8-3-2-6-11(12)7-4-5-9-13/h2-3,6,8-9H,5,10H2,1H3. The smallest absolute Gasteiger partial charge is 0.151 e. The summed E-state index contributed by atoms with van der Waals surface area (Å²) in [7, 11) is -3.07. The molecule has 0 radical (unpaired) electrons. The zero-order valence-electron chi connectivity index (χ0n) is 8.93. The summed E-state index contributed by atoms with van der Waals surface area (Å²) in [6.45, 7) is 0. The van der Waals surface area contributed by atoms with E-state index in [1.165, 1.54) is 6.26 Å². The second-order valence-corrected chi connectivity index (χ2v) is 5.54. The summed E-state index contributed by atoms with van der Waals surface area (Å²) in [5.74, 6) is 5.43. The lowest BCUT2D eigenvalue weighted by Gasteiger charge is -2.02. The number of benzene rings is 1. The van der Waals surface area contributed by atoms with Crippen molar-refractivity contribution in [1.29, 1.82) is 0 Å². The average molecular weight is 236 g/mol. The third kappa shape index (κ3) is 4.28. The van der Waals surface area contributed by atoms with Gasteiger partial charge in [-0.15, -0.1) is 0 Å². The number of carbonyl (C=O) groups is 1. The van der Waals surface area contributed by atoms with E-state index in [1.807, 2.05) is 0 Å². The molecule has 0 bridgehead atoms. The van der Waals surface area contributed by atoms with E-state index in [2.05, 4.69) is 11.8 Å². The number of hydrogen-bond acceptors (Lipinski definition) is 3.